The van der Waals surface area contributed by atoms with Gasteiger partial charge in [0.05, 0.1) is 29.6 Å². The van der Waals surface area contributed by atoms with Gasteiger partial charge in [-0.3, -0.25) is 9.59 Å². The molecule has 0 atom stereocenters. The number of benzene rings is 1. The van der Waals surface area contributed by atoms with E-state index in [4.69, 9.17) is 4.74 Å². The number of rotatable bonds is 7. The number of hydrogen-bond acceptors (Lipinski definition) is 7. The zero-order valence-corrected chi connectivity index (χ0v) is 18.7. The van der Waals surface area contributed by atoms with Gasteiger partial charge in [0.25, 0.3) is 0 Å². The summed E-state index contributed by atoms with van der Waals surface area (Å²) >= 11 is 1.24. The Kier molecular flexibility index (Phi) is 8.12. The van der Waals surface area contributed by atoms with Gasteiger partial charge in [0.2, 0.25) is 21.8 Å². The fourth-order valence-corrected chi connectivity index (χ4v) is 5.43. The van der Waals surface area contributed by atoms with Crippen LogP contribution in [0.1, 0.15) is 0 Å². The highest BCUT2D eigenvalue weighted by molar-refractivity contribution is 8.00. The van der Waals surface area contributed by atoms with E-state index in [1.54, 1.807) is 23.1 Å². The molecule has 1 aromatic rings. The number of amides is 2. The summed E-state index contributed by atoms with van der Waals surface area (Å²) in [5, 5.41) is 2.72. The summed E-state index contributed by atoms with van der Waals surface area (Å²) in [7, 11) is -1.63. The van der Waals surface area contributed by atoms with E-state index in [2.05, 4.69) is 10.2 Å². The van der Waals surface area contributed by atoms with Gasteiger partial charge in [-0.05, 0) is 25.2 Å². The summed E-state index contributed by atoms with van der Waals surface area (Å²) in [4.78, 5) is 28.3. The number of piperazine rings is 1. The Morgan fingerprint density at radius 2 is 1.77 bits per heavy atom. The summed E-state index contributed by atoms with van der Waals surface area (Å²) in [6.45, 7) is 4.54. The molecule has 2 fully saturated rings. The van der Waals surface area contributed by atoms with Crippen LogP contribution in [0.25, 0.3) is 0 Å². The standard InChI is InChI=1S/C19H28N4O5S2/c1-21-5-7-23(8-6-21)30(26,27)17-4-2-3-16(13-17)20-18(24)14-29-15-19(25)22-9-11-28-12-10-22/h2-4,13H,5-12,14-15H2,1H3,(H,20,24). The molecule has 0 bridgehead atoms. The third kappa shape index (κ3) is 6.17. The number of sulfonamides is 1. The van der Waals surface area contributed by atoms with E-state index in [-0.39, 0.29) is 28.2 Å². The molecule has 0 aliphatic carbocycles. The second-order valence-corrected chi connectivity index (χ2v) is 10.2. The van der Waals surface area contributed by atoms with Crippen LogP contribution >= 0.6 is 11.8 Å². The Morgan fingerprint density at radius 3 is 2.47 bits per heavy atom. The van der Waals surface area contributed by atoms with Gasteiger partial charge >= 0.3 is 0 Å². The largest absolute Gasteiger partial charge is 0.378 e. The monoisotopic (exact) mass is 456 g/mol. The van der Waals surface area contributed by atoms with Gasteiger partial charge in [-0.25, -0.2) is 8.42 Å². The quantitative estimate of drug-likeness (QED) is 0.624. The summed E-state index contributed by atoms with van der Waals surface area (Å²) in [6.07, 6.45) is 0. The Balaban J connectivity index is 1.50. The SMILES string of the molecule is CN1CCN(S(=O)(=O)c2cccc(NC(=O)CSCC(=O)N3CCOCC3)c2)CC1. The van der Waals surface area contributed by atoms with Gasteiger partial charge in [-0.15, -0.1) is 11.8 Å². The van der Waals surface area contributed by atoms with Gasteiger partial charge in [0.1, 0.15) is 0 Å². The average Bonchev–Trinajstić information content (AvgIpc) is 2.75. The highest BCUT2D eigenvalue weighted by atomic mass is 32.2. The summed E-state index contributed by atoms with van der Waals surface area (Å²) in [6, 6.07) is 6.30. The number of hydrogen-bond donors (Lipinski definition) is 1. The maximum absolute atomic E-state index is 12.9. The van der Waals surface area contributed by atoms with E-state index < -0.39 is 10.0 Å². The molecule has 0 radical (unpaired) electrons. The number of anilines is 1. The third-order valence-electron chi connectivity index (χ3n) is 5.04. The summed E-state index contributed by atoms with van der Waals surface area (Å²) < 4.78 is 32.4. The fraction of sp³-hybridized carbons (Fsp3) is 0.579. The molecule has 1 aromatic carbocycles. The molecule has 0 spiro atoms. The van der Waals surface area contributed by atoms with Crippen LogP contribution in [0.4, 0.5) is 5.69 Å². The number of nitrogens with one attached hydrogen (secondary N) is 1. The van der Waals surface area contributed by atoms with Crippen molar-refractivity contribution in [3.63, 3.8) is 0 Å². The van der Waals surface area contributed by atoms with Crippen LogP contribution in [-0.4, -0.2) is 105 Å². The lowest BCUT2D eigenvalue weighted by atomic mass is 10.3. The number of nitrogens with zero attached hydrogens (tertiary/aromatic N) is 3. The van der Waals surface area contributed by atoms with Crippen molar-refractivity contribution in [3.05, 3.63) is 24.3 Å². The first-order valence-corrected chi connectivity index (χ1v) is 12.5. The first kappa shape index (κ1) is 23.0. The molecule has 1 N–H and O–H groups in total. The molecular weight excluding hydrogens is 428 g/mol. The van der Waals surface area contributed by atoms with Crippen LogP contribution in [0.5, 0.6) is 0 Å². The Labute approximate surface area is 181 Å². The molecule has 0 unspecified atom stereocenters. The molecule has 0 saturated carbocycles. The zero-order valence-electron chi connectivity index (χ0n) is 17.1. The fourth-order valence-electron chi connectivity index (χ4n) is 3.24. The predicted molar refractivity (Wildman–Crippen MR) is 116 cm³/mol. The van der Waals surface area contributed by atoms with Crippen LogP contribution in [0.3, 0.4) is 0 Å². The first-order chi connectivity index (χ1) is 14.4. The number of morpholine rings is 1. The lowest BCUT2D eigenvalue weighted by Gasteiger charge is -2.31. The third-order valence-corrected chi connectivity index (χ3v) is 7.85. The van der Waals surface area contributed by atoms with E-state index >= 15 is 0 Å². The summed E-state index contributed by atoms with van der Waals surface area (Å²) in [5.41, 5.74) is 0.426. The molecule has 9 nitrogen and oxygen atoms in total. The van der Waals surface area contributed by atoms with Crippen molar-refractivity contribution in [2.24, 2.45) is 0 Å². The minimum Gasteiger partial charge on any atom is -0.378 e. The van der Waals surface area contributed by atoms with Crippen molar-refractivity contribution in [2.75, 3.05) is 76.4 Å². The van der Waals surface area contributed by atoms with Crippen molar-refractivity contribution >= 4 is 39.3 Å². The second kappa shape index (κ2) is 10.6. The van der Waals surface area contributed by atoms with Crippen molar-refractivity contribution in [3.8, 4) is 0 Å². The molecular formula is C19H28N4O5S2. The van der Waals surface area contributed by atoms with Crippen molar-refractivity contribution < 1.29 is 22.7 Å². The summed E-state index contributed by atoms with van der Waals surface area (Å²) in [5.74, 6) is 0.0665. The van der Waals surface area contributed by atoms with E-state index in [9.17, 15) is 18.0 Å². The number of ether oxygens (including phenoxy) is 1. The molecule has 166 valence electrons. The van der Waals surface area contributed by atoms with Gasteiger partial charge in [-0.1, -0.05) is 6.07 Å². The van der Waals surface area contributed by atoms with Crippen molar-refractivity contribution in [1.29, 1.82) is 0 Å². The Bertz CT molecular complexity index is 850. The van der Waals surface area contributed by atoms with Gasteiger partial charge < -0.3 is 19.9 Å². The normalized spacial score (nSPS) is 18.9. The lowest BCUT2D eigenvalue weighted by molar-refractivity contribution is -0.132. The van der Waals surface area contributed by atoms with Crippen molar-refractivity contribution in [1.82, 2.24) is 14.1 Å². The second-order valence-electron chi connectivity index (χ2n) is 7.27. The van der Waals surface area contributed by atoms with Crippen molar-refractivity contribution in [2.45, 2.75) is 4.90 Å². The topological polar surface area (TPSA) is 99.3 Å². The molecule has 2 aliphatic heterocycles. The highest BCUT2D eigenvalue weighted by Crippen LogP contribution is 2.21. The maximum atomic E-state index is 12.9. The van der Waals surface area contributed by atoms with Gasteiger partial charge in [0, 0.05) is 45.0 Å². The predicted octanol–water partition coefficient (Wildman–Crippen LogP) is 0.153. The van der Waals surface area contributed by atoms with E-state index in [0.29, 0.717) is 58.2 Å². The van der Waals surface area contributed by atoms with Crippen LogP contribution in [-0.2, 0) is 24.3 Å². The number of thioether (sulfide) groups is 1. The smallest absolute Gasteiger partial charge is 0.243 e. The van der Waals surface area contributed by atoms with Crippen LogP contribution in [0, 0.1) is 0 Å². The molecule has 2 aliphatic rings. The molecule has 2 amide bonds. The van der Waals surface area contributed by atoms with Crippen LogP contribution < -0.4 is 5.32 Å². The van der Waals surface area contributed by atoms with E-state index in [1.807, 2.05) is 7.05 Å². The van der Waals surface area contributed by atoms with Crippen LogP contribution in [0.15, 0.2) is 29.2 Å². The Morgan fingerprint density at radius 1 is 1.07 bits per heavy atom. The highest BCUT2D eigenvalue weighted by Gasteiger charge is 2.27. The minimum absolute atomic E-state index is 0.00336. The number of likely N-dealkylation sites (N-methyl/N-ethyl adjacent to an activating group) is 1. The zero-order chi connectivity index (χ0) is 21.6. The molecule has 11 heteroatoms. The van der Waals surface area contributed by atoms with Gasteiger partial charge in [-0.2, -0.15) is 4.31 Å². The minimum atomic E-state index is -3.59. The van der Waals surface area contributed by atoms with Crippen LogP contribution in [0.2, 0.25) is 0 Å². The number of carbonyl (C=O) groups is 2. The van der Waals surface area contributed by atoms with Gasteiger partial charge in [0.15, 0.2) is 0 Å². The molecule has 2 heterocycles. The molecule has 0 aromatic heterocycles. The molecule has 30 heavy (non-hydrogen) atoms. The maximum Gasteiger partial charge on any atom is 0.243 e. The lowest BCUT2D eigenvalue weighted by Crippen LogP contribution is -2.47. The molecule has 3 rings (SSSR count). The Hall–Kier alpha value is -1.66. The van der Waals surface area contributed by atoms with E-state index in [1.165, 1.54) is 22.1 Å². The first-order valence-electron chi connectivity index (χ1n) is 9.88. The molecule has 2 saturated heterocycles. The number of carbonyl (C=O) groups excluding carboxylic acids is 2. The van der Waals surface area contributed by atoms with E-state index in [0.717, 1.165) is 0 Å². The average molecular weight is 457 g/mol.